The molecule has 3 rings (SSSR count). The summed E-state index contributed by atoms with van der Waals surface area (Å²) in [7, 11) is 0. The van der Waals surface area contributed by atoms with Gasteiger partial charge in [0.2, 0.25) is 5.91 Å². The zero-order valence-electron chi connectivity index (χ0n) is 16.2. The molecule has 0 radical (unpaired) electrons. The van der Waals surface area contributed by atoms with E-state index in [0.717, 1.165) is 16.9 Å². The highest BCUT2D eigenvalue weighted by Crippen LogP contribution is 2.18. The molecule has 0 saturated heterocycles. The van der Waals surface area contributed by atoms with Crippen molar-refractivity contribution in [2.45, 2.75) is 19.8 Å². The van der Waals surface area contributed by atoms with Gasteiger partial charge >= 0.3 is 5.97 Å². The Morgan fingerprint density at radius 1 is 0.931 bits per heavy atom. The van der Waals surface area contributed by atoms with Gasteiger partial charge in [0.1, 0.15) is 5.82 Å². The van der Waals surface area contributed by atoms with Gasteiger partial charge in [-0.15, -0.1) is 0 Å². The van der Waals surface area contributed by atoms with Crippen molar-refractivity contribution in [3.63, 3.8) is 0 Å². The summed E-state index contributed by atoms with van der Waals surface area (Å²) in [5.41, 5.74) is 3.23. The highest BCUT2D eigenvalue weighted by Gasteiger charge is 2.07. The van der Waals surface area contributed by atoms with Gasteiger partial charge in [-0.2, -0.15) is 0 Å². The van der Waals surface area contributed by atoms with Crippen molar-refractivity contribution >= 4 is 29.1 Å². The predicted octanol–water partition coefficient (Wildman–Crippen LogP) is 4.57. The first-order chi connectivity index (χ1) is 14.1. The molecule has 1 aromatic heterocycles. The maximum Gasteiger partial charge on any atom is 0.338 e. The SMILES string of the molecule is CCOC(=O)c1ccc(Nc2ccc(NC(=O)CCc3ccccc3)nc2)cc1. The molecule has 1 heterocycles. The number of nitrogens with zero attached hydrogens (tertiary/aromatic N) is 1. The summed E-state index contributed by atoms with van der Waals surface area (Å²) in [4.78, 5) is 28.0. The van der Waals surface area contributed by atoms with E-state index in [1.165, 1.54) is 0 Å². The number of hydrogen-bond acceptors (Lipinski definition) is 5. The van der Waals surface area contributed by atoms with Crippen molar-refractivity contribution in [2.24, 2.45) is 0 Å². The zero-order chi connectivity index (χ0) is 20.5. The molecule has 0 bridgehead atoms. The summed E-state index contributed by atoms with van der Waals surface area (Å²) < 4.78 is 4.97. The van der Waals surface area contributed by atoms with Gasteiger partial charge in [0.15, 0.2) is 0 Å². The monoisotopic (exact) mass is 389 g/mol. The van der Waals surface area contributed by atoms with E-state index in [-0.39, 0.29) is 11.9 Å². The minimum atomic E-state index is -0.340. The summed E-state index contributed by atoms with van der Waals surface area (Å²) in [6, 6.07) is 20.5. The van der Waals surface area contributed by atoms with Crippen LogP contribution in [-0.4, -0.2) is 23.5 Å². The molecular formula is C23H23N3O3. The maximum atomic E-state index is 12.1. The number of carbonyl (C=O) groups excluding carboxylic acids is 2. The molecule has 1 amide bonds. The second kappa shape index (κ2) is 10.0. The number of aryl methyl sites for hydroxylation is 1. The smallest absolute Gasteiger partial charge is 0.338 e. The van der Waals surface area contributed by atoms with E-state index in [4.69, 9.17) is 4.74 Å². The first kappa shape index (κ1) is 20.1. The van der Waals surface area contributed by atoms with Crippen LogP contribution in [0.3, 0.4) is 0 Å². The minimum absolute atomic E-state index is 0.0726. The third-order valence-electron chi connectivity index (χ3n) is 4.20. The Morgan fingerprint density at radius 3 is 2.31 bits per heavy atom. The van der Waals surface area contributed by atoms with E-state index in [1.54, 1.807) is 43.5 Å². The molecule has 148 valence electrons. The Labute approximate surface area is 169 Å². The first-order valence-corrected chi connectivity index (χ1v) is 9.48. The van der Waals surface area contributed by atoms with Crippen LogP contribution in [0, 0.1) is 0 Å². The van der Waals surface area contributed by atoms with Crippen LogP contribution in [0.4, 0.5) is 17.2 Å². The van der Waals surface area contributed by atoms with Crippen molar-refractivity contribution in [2.75, 3.05) is 17.2 Å². The summed E-state index contributed by atoms with van der Waals surface area (Å²) in [6.45, 7) is 2.12. The number of ether oxygens (including phenoxy) is 1. The maximum absolute atomic E-state index is 12.1. The number of esters is 1. The van der Waals surface area contributed by atoms with Gasteiger partial charge in [0.25, 0.3) is 0 Å². The van der Waals surface area contributed by atoms with E-state index >= 15 is 0 Å². The number of carbonyl (C=O) groups is 2. The first-order valence-electron chi connectivity index (χ1n) is 9.48. The molecule has 0 atom stereocenters. The molecular weight excluding hydrogens is 366 g/mol. The molecule has 6 nitrogen and oxygen atoms in total. The Morgan fingerprint density at radius 2 is 1.66 bits per heavy atom. The van der Waals surface area contributed by atoms with Gasteiger partial charge in [-0.3, -0.25) is 4.79 Å². The second-order valence-electron chi connectivity index (χ2n) is 6.39. The van der Waals surface area contributed by atoms with Crippen molar-refractivity contribution in [3.05, 3.63) is 84.1 Å². The van der Waals surface area contributed by atoms with Crippen LogP contribution in [-0.2, 0) is 16.0 Å². The van der Waals surface area contributed by atoms with Gasteiger partial charge in [-0.1, -0.05) is 30.3 Å². The number of rotatable bonds is 8. The number of amides is 1. The summed E-state index contributed by atoms with van der Waals surface area (Å²) in [6.07, 6.45) is 2.73. The molecule has 6 heteroatoms. The summed E-state index contributed by atoms with van der Waals surface area (Å²) in [5, 5.41) is 6.01. The molecule has 0 saturated carbocycles. The van der Waals surface area contributed by atoms with Crippen molar-refractivity contribution in [1.29, 1.82) is 0 Å². The predicted molar refractivity (Wildman–Crippen MR) is 113 cm³/mol. The Balaban J connectivity index is 1.50. The molecule has 2 aromatic carbocycles. The van der Waals surface area contributed by atoms with E-state index in [2.05, 4.69) is 15.6 Å². The van der Waals surface area contributed by atoms with E-state index in [0.29, 0.717) is 30.8 Å². The number of anilines is 3. The molecule has 0 fully saturated rings. The van der Waals surface area contributed by atoms with Crippen molar-refractivity contribution in [3.8, 4) is 0 Å². The van der Waals surface area contributed by atoms with Crippen LogP contribution in [0.25, 0.3) is 0 Å². The van der Waals surface area contributed by atoms with Gasteiger partial charge in [0, 0.05) is 12.1 Å². The minimum Gasteiger partial charge on any atom is -0.462 e. The molecule has 3 aromatic rings. The topological polar surface area (TPSA) is 80.3 Å². The fraction of sp³-hybridized carbons (Fsp3) is 0.174. The highest BCUT2D eigenvalue weighted by molar-refractivity contribution is 5.90. The molecule has 0 aliphatic rings. The fourth-order valence-electron chi connectivity index (χ4n) is 2.72. The average Bonchev–Trinajstić information content (AvgIpc) is 2.75. The van der Waals surface area contributed by atoms with Crippen LogP contribution in [0.5, 0.6) is 0 Å². The number of aromatic nitrogens is 1. The standard InChI is InChI=1S/C23H23N3O3/c1-2-29-23(28)18-9-11-19(12-10-18)25-20-13-14-21(24-16-20)26-22(27)15-8-17-6-4-3-5-7-17/h3-7,9-14,16,25H,2,8,15H2,1H3,(H,24,26,27). The van der Waals surface area contributed by atoms with Crippen LogP contribution >= 0.6 is 0 Å². The normalized spacial score (nSPS) is 10.2. The lowest BCUT2D eigenvalue weighted by molar-refractivity contribution is -0.116. The lowest BCUT2D eigenvalue weighted by atomic mass is 10.1. The number of nitrogens with one attached hydrogen (secondary N) is 2. The van der Waals surface area contributed by atoms with E-state index in [9.17, 15) is 9.59 Å². The van der Waals surface area contributed by atoms with Crippen molar-refractivity contribution < 1.29 is 14.3 Å². The Bertz CT molecular complexity index is 939. The Kier molecular flexibility index (Phi) is 6.95. The largest absolute Gasteiger partial charge is 0.462 e. The molecule has 0 spiro atoms. The van der Waals surface area contributed by atoms with Gasteiger partial charge in [-0.25, -0.2) is 9.78 Å². The number of hydrogen-bond donors (Lipinski definition) is 2. The van der Waals surface area contributed by atoms with Gasteiger partial charge in [0.05, 0.1) is 24.1 Å². The van der Waals surface area contributed by atoms with E-state index < -0.39 is 0 Å². The van der Waals surface area contributed by atoms with Crippen LogP contribution in [0.2, 0.25) is 0 Å². The van der Waals surface area contributed by atoms with Crippen LogP contribution < -0.4 is 10.6 Å². The molecule has 0 aliphatic carbocycles. The number of pyridine rings is 1. The summed E-state index contributed by atoms with van der Waals surface area (Å²) in [5.74, 6) is 0.0935. The lowest BCUT2D eigenvalue weighted by Gasteiger charge is -2.09. The molecule has 29 heavy (non-hydrogen) atoms. The highest BCUT2D eigenvalue weighted by atomic mass is 16.5. The zero-order valence-corrected chi connectivity index (χ0v) is 16.2. The molecule has 0 unspecified atom stereocenters. The average molecular weight is 389 g/mol. The lowest BCUT2D eigenvalue weighted by Crippen LogP contribution is -2.13. The quantitative estimate of drug-likeness (QED) is 0.552. The Hall–Kier alpha value is -3.67. The third-order valence-corrected chi connectivity index (χ3v) is 4.20. The van der Waals surface area contributed by atoms with Crippen molar-refractivity contribution in [1.82, 2.24) is 4.98 Å². The molecule has 2 N–H and O–H groups in total. The van der Waals surface area contributed by atoms with Crippen LogP contribution in [0.1, 0.15) is 29.3 Å². The van der Waals surface area contributed by atoms with E-state index in [1.807, 2.05) is 36.4 Å². The van der Waals surface area contributed by atoms with Gasteiger partial charge in [-0.05, 0) is 55.3 Å². The van der Waals surface area contributed by atoms with Crippen LogP contribution in [0.15, 0.2) is 72.9 Å². The second-order valence-corrected chi connectivity index (χ2v) is 6.39. The fourth-order valence-corrected chi connectivity index (χ4v) is 2.72. The van der Waals surface area contributed by atoms with Gasteiger partial charge < -0.3 is 15.4 Å². The third kappa shape index (κ3) is 6.17. The number of benzene rings is 2. The summed E-state index contributed by atoms with van der Waals surface area (Å²) >= 11 is 0. The molecule has 0 aliphatic heterocycles.